The lowest BCUT2D eigenvalue weighted by molar-refractivity contribution is 0.693. The summed E-state index contributed by atoms with van der Waals surface area (Å²) < 4.78 is 0. The topological polar surface area (TPSA) is 41.1 Å². The molecule has 1 heterocycles. The smallest absolute Gasteiger partial charge is 0.137 e. The molecule has 0 bridgehead atoms. The molecule has 0 fully saturated rings. The highest BCUT2D eigenvalue weighted by Crippen LogP contribution is 2.25. The number of nitrogens with one attached hydrogen (secondary N) is 1. The van der Waals surface area contributed by atoms with Gasteiger partial charge >= 0.3 is 0 Å². The number of anilines is 2. The molecule has 0 aliphatic rings. The predicted molar refractivity (Wildman–Crippen MR) is 87.8 cm³/mol. The molecule has 114 valence electrons. The number of hydrogen-bond acceptors (Lipinski definition) is 4. The van der Waals surface area contributed by atoms with E-state index in [-0.39, 0.29) is 0 Å². The molecule has 4 heteroatoms. The third-order valence-electron chi connectivity index (χ3n) is 3.46. The Balaban J connectivity index is 3.02. The van der Waals surface area contributed by atoms with E-state index in [0.717, 1.165) is 36.1 Å². The number of hydrogen-bond donors (Lipinski definition) is 1. The molecule has 0 aromatic carbocycles. The van der Waals surface area contributed by atoms with Gasteiger partial charge in [-0.15, -0.1) is 0 Å². The molecule has 20 heavy (non-hydrogen) atoms. The molecule has 4 nitrogen and oxygen atoms in total. The summed E-state index contributed by atoms with van der Waals surface area (Å²) in [5.41, 5.74) is 1.15. The predicted octanol–water partition coefficient (Wildman–Crippen LogP) is 3.97. The fraction of sp³-hybridized carbons (Fsp3) is 0.750. The van der Waals surface area contributed by atoms with Crippen LogP contribution in [0, 0.1) is 6.92 Å². The SMILES string of the molecule is CCCCCN(C)c1nc(C(C)C)nc(NCC)c1C. The van der Waals surface area contributed by atoms with E-state index in [1.54, 1.807) is 0 Å². The summed E-state index contributed by atoms with van der Waals surface area (Å²) in [7, 11) is 2.13. The van der Waals surface area contributed by atoms with Crippen LogP contribution >= 0.6 is 0 Å². The third-order valence-corrected chi connectivity index (χ3v) is 3.46. The van der Waals surface area contributed by atoms with Gasteiger partial charge in [-0.2, -0.15) is 0 Å². The van der Waals surface area contributed by atoms with Crippen molar-refractivity contribution in [1.29, 1.82) is 0 Å². The maximum Gasteiger partial charge on any atom is 0.137 e. The summed E-state index contributed by atoms with van der Waals surface area (Å²) in [6.45, 7) is 12.6. The lowest BCUT2D eigenvalue weighted by atomic mass is 10.2. The Morgan fingerprint density at radius 3 is 2.40 bits per heavy atom. The van der Waals surface area contributed by atoms with Crippen LogP contribution in [-0.4, -0.2) is 30.1 Å². The van der Waals surface area contributed by atoms with Crippen molar-refractivity contribution in [2.75, 3.05) is 30.4 Å². The number of unbranched alkanes of at least 4 members (excludes halogenated alkanes) is 2. The summed E-state index contributed by atoms with van der Waals surface area (Å²) in [6.07, 6.45) is 3.73. The minimum absolute atomic E-state index is 0.343. The van der Waals surface area contributed by atoms with Gasteiger partial charge in [-0.3, -0.25) is 0 Å². The van der Waals surface area contributed by atoms with Crippen molar-refractivity contribution < 1.29 is 0 Å². The van der Waals surface area contributed by atoms with E-state index in [2.05, 4.69) is 56.9 Å². The Morgan fingerprint density at radius 1 is 1.15 bits per heavy atom. The van der Waals surface area contributed by atoms with E-state index < -0.39 is 0 Å². The van der Waals surface area contributed by atoms with Crippen LogP contribution in [0.15, 0.2) is 0 Å². The highest BCUT2D eigenvalue weighted by atomic mass is 15.2. The number of rotatable bonds is 8. The first-order chi connectivity index (χ1) is 9.51. The van der Waals surface area contributed by atoms with E-state index in [0.29, 0.717) is 5.92 Å². The molecule has 0 spiro atoms. The number of nitrogens with zero attached hydrogens (tertiary/aromatic N) is 3. The molecule has 1 aromatic heterocycles. The van der Waals surface area contributed by atoms with Crippen molar-refractivity contribution in [3.63, 3.8) is 0 Å². The van der Waals surface area contributed by atoms with E-state index >= 15 is 0 Å². The van der Waals surface area contributed by atoms with Crippen LogP contribution < -0.4 is 10.2 Å². The first-order valence-corrected chi connectivity index (χ1v) is 7.84. The monoisotopic (exact) mass is 278 g/mol. The van der Waals surface area contributed by atoms with Gasteiger partial charge in [0.25, 0.3) is 0 Å². The van der Waals surface area contributed by atoms with Crippen LogP contribution in [0.5, 0.6) is 0 Å². The molecule has 0 saturated heterocycles. The highest BCUT2D eigenvalue weighted by Gasteiger charge is 2.15. The summed E-state index contributed by atoms with van der Waals surface area (Å²) >= 11 is 0. The summed E-state index contributed by atoms with van der Waals surface area (Å²) in [4.78, 5) is 11.7. The second-order valence-corrected chi connectivity index (χ2v) is 5.69. The molecule has 0 unspecified atom stereocenters. The zero-order valence-corrected chi connectivity index (χ0v) is 14.0. The van der Waals surface area contributed by atoms with Gasteiger partial charge in [0, 0.05) is 31.6 Å². The van der Waals surface area contributed by atoms with Crippen LogP contribution in [0.3, 0.4) is 0 Å². The average molecular weight is 278 g/mol. The van der Waals surface area contributed by atoms with Gasteiger partial charge in [0.1, 0.15) is 17.5 Å². The summed E-state index contributed by atoms with van der Waals surface area (Å²) in [6, 6.07) is 0. The Kier molecular flexibility index (Phi) is 6.76. The lowest BCUT2D eigenvalue weighted by Crippen LogP contribution is -2.23. The van der Waals surface area contributed by atoms with Crippen molar-refractivity contribution in [3.05, 3.63) is 11.4 Å². The van der Waals surface area contributed by atoms with E-state index in [1.165, 1.54) is 19.3 Å². The van der Waals surface area contributed by atoms with Gasteiger partial charge in [-0.25, -0.2) is 9.97 Å². The van der Waals surface area contributed by atoms with Gasteiger partial charge in [0.2, 0.25) is 0 Å². The largest absolute Gasteiger partial charge is 0.370 e. The second-order valence-electron chi connectivity index (χ2n) is 5.69. The van der Waals surface area contributed by atoms with Crippen molar-refractivity contribution in [1.82, 2.24) is 9.97 Å². The first kappa shape index (κ1) is 16.7. The normalized spacial score (nSPS) is 10.9. The molecule has 0 atom stereocenters. The maximum absolute atomic E-state index is 4.77. The highest BCUT2D eigenvalue weighted by molar-refractivity contribution is 5.58. The van der Waals surface area contributed by atoms with Crippen LogP contribution in [0.4, 0.5) is 11.6 Å². The Hall–Kier alpha value is -1.32. The lowest BCUT2D eigenvalue weighted by Gasteiger charge is -2.23. The number of aromatic nitrogens is 2. The van der Waals surface area contributed by atoms with Crippen molar-refractivity contribution in [2.45, 2.75) is 59.8 Å². The quantitative estimate of drug-likeness (QED) is 0.731. The molecular weight excluding hydrogens is 248 g/mol. The Labute approximate surface area is 124 Å². The molecule has 0 saturated carbocycles. The van der Waals surface area contributed by atoms with Crippen LogP contribution in [0.1, 0.15) is 64.3 Å². The van der Waals surface area contributed by atoms with Crippen molar-refractivity contribution >= 4 is 11.6 Å². The molecule has 0 aliphatic heterocycles. The van der Waals surface area contributed by atoms with Crippen LogP contribution in [0.2, 0.25) is 0 Å². The van der Waals surface area contributed by atoms with E-state index in [1.807, 2.05) is 0 Å². The minimum atomic E-state index is 0.343. The Bertz CT molecular complexity index is 415. The summed E-state index contributed by atoms with van der Waals surface area (Å²) in [5, 5.41) is 3.36. The van der Waals surface area contributed by atoms with Gasteiger partial charge in [-0.05, 0) is 20.3 Å². The standard InChI is InChI=1S/C16H30N4/c1-7-9-10-11-20(6)16-13(5)15(17-8-2)18-14(19-16)12(3)4/h12H,7-11H2,1-6H3,(H,17,18,19). The van der Waals surface area contributed by atoms with Gasteiger partial charge in [-0.1, -0.05) is 33.6 Å². The van der Waals surface area contributed by atoms with Gasteiger partial charge < -0.3 is 10.2 Å². The van der Waals surface area contributed by atoms with Crippen LogP contribution in [-0.2, 0) is 0 Å². The van der Waals surface area contributed by atoms with E-state index in [4.69, 9.17) is 4.98 Å². The van der Waals surface area contributed by atoms with Gasteiger partial charge in [0.15, 0.2) is 0 Å². The molecular formula is C16H30N4. The Morgan fingerprint density at radius 2 is 1.85 bits per heavy atom. The van der Waals surface area contributed by atoms with E-state index in [9.17, 15) is 0 Å². The molecule has 1 N–H and O–H groups in total. The average Bonchev–Trinajstić information content (AvgIpc) is 2.41. The zero-order valence-electron chi connectivity index (χ0n) is 14.0. The summed E-state index contributed by atoms with van der Waals surface area (Å²) in [5.74, 6) is 3.30. The van der Waals surface area contributed by atoms with Crippen molar-refractivity contribution in [3.8, 4) is 0 Å². The molecule has 0 radical (unpaired) electrons. The van der Waals surface area contributed by atoms with Gasteiger partial charge in [0.05, 0.1) is 0 Å². The maximum atomic E-state index is 4.77. The minimum Gasteiger partial charge on any atom is -0.370 e. The fourth-order valence-electron chi connectivity index (χ4n) is 2.20. The fourth-order valence-corrected chi connectivity index (χ4v) is 2.20. The van der Waals surface area contributed by atoms with Crippen molar-refractivity contribution in [2.24, 2.45) is 0 Å². The molecule has 1 rings (SSSR count). The molecule has 0 amide bonds. The first-order valence-electron chi connectivity index (χ1n) is 7.84. The van der Waals surface area contributed by atoms with Crippen LogP contribution in [0.25, 0.3) is 0 Å². The zero-order chi connectivity index (χ0) is 15.1. The molecule has 0 aliphatic carbocycles. The third kappa shape index (κ3) is 4.36. The second kappa shape index (κ2) is 8.08. The molecule has 1 aromatic rings.